The lowest BCUT2D eigenvalue weighted by Gasteiger charge is -2.23. The Hall–Kier alpha value is -1.46. The Balaban J connectivity index is 1.79. The number of nitrogens with one attached hydrogen (secondary N) is 1. The molecular formula is C17H26ClN3O2. The van der Waals surface area contributed by atoms with E-state index in [-0.39, 0.29) is 6.10 Å². The summed E-state index contributed by atoms with van der Waals surface area (Å²) < 4.78 is 11.1. The molecule has 1 saturated heterocycles. The number of hydrogen-bond donors (Lipinski definition) is 1. The van der Waals surface area contributed by atoms with Crippen LogP contribution in [0.2, 0.25) is 5.02 Å². The van der Waals surface area contributed by atoms with Crippen molar-refractivity contribution >= 4 is 17.6 Å². The fourth-order valence-electron chi connectivity index (χ4n) is 2.78. The highest BCUT2D eigenvalue weighted by Gasteiger charge is 2.24. The molecule has 0 radical (unpaired) electrons. The lowest BCUT2D eigenvalue weighted by atomic mass is 10.1. The van der Waals surface area contributed by atoms with Gasteiger partial charge in [0.2, 0.25) is 0 Å². The molecule has 0 bridgehead atoms. The van der Waals surface area contributed by atoms with Crippen molar-refractivity contribution in [3.63, 3.8) is 0 Å². The van der Waals surface area contributed by atoms with E-state index in [1.54, 1.807) is 7.11 Å². The first-order chi connectivity index (χ1) is 11.1. The van der Waals surface area contributed by atoms with Gasteiger partial charge >= 0.3 is 0 Å². The van der Waals surface area contributed by atoms with Gasteiger partial charge in [-0.25, -0.2) is 0 Å². The topological polar surface area (TPSA) is 46.1 Å². The molecule has 5 nitrogen and oxygen atoms in total. The summed E-state index contributed by atoms with van der Waals surface area (Å²) in [5.74, 6) is 2.28. The maximum atomic E-state index is 5.97. The molecule has 0 saturated carbocycles. The molecular weight excluding hydrogens is 314 g/mol. The standard InChI is InChI=1S/C17H26ClN3O2/c1-13(23-16-6-4-5-15(18)9-16)10-20-17(19-2)21-8-7-14(11-21)12-22-3/h4-6,9,13-14H,7-8,10-12H2,1-3H3,(H,19,20). The Morgan fingerprint density at radius 2 is 2.35 bits per heavy atom. The number of nitrogens with zero attached hydrogens (tertiary/aromatic N) is 2. The highest BCUT2D eigenvalue weighted by molar-refractivity contribution is 6.30. The average molecular weight is 340 g/mol. The van der Waals surface area contributed by atoms with Gasteiger partial charge in [-0.15, -0.1) is 0 Å². The lowest BCUT2D eigenvalue weighted by Crippen LogP contribution is -2.43. The number of aliphatic imine (C=N–C) groups is 1. The quantitative estimate of drug-likeness (QED) is 0.639. The predicted molar refractivity (Wildman–Crippen MR) is 94.5 cm³/mol. The molecule has 1 fully saturated rings. The van der Waals surface area contributed by atoms with Crippen molar-refractivity contribution < 1.29 is 9.47 Å². The van der Waals surface area contributed by atoms with Gasteiger partial charge in [-0.1, -0.05) is 17.7 Å². The van der Waals surface area contributed by atoms with Crippen LogP contribution in [0.1, 0.15) is 13.3 Å². The van der Waals surface area contributed by atoms with Gasteiger partial charge in [-0.3, -0.25) is 4.99 Å². The van der Waals surface area contributed by atoms with E-state index in [0.717, 1.165) is 37.8 Å². The van der Waals surface area contributed by atoms with Gasteiger partial charge in [-0.2, -0.15) is 0 Å². The van der Waals surface area contributed by atoms with Crippen LogP contribution in [0.5, 0.6) is 5.75 Å². The van der Waals surface area contributed by atoms with Gasteiger partial charge in [-0.05, 0) is 31.5 Å². The second kappa shape index (κ2) is 8.99. The summed E-state index contributed by atoms with van der Waals surface area (Å²) in [5, 5.41) is 4.07. The van der Waals surface area contributed by atoms with Gasteiger partial charge in [0.1, 0.15) is 11.9 Å². The average Bonchev–Trinajstić information content (AvgIpc) is 2.97. The molecule has 1 heterocycles. The second-order valence-corrected chi connectivity index (χ2v) is 6.31. The monoisotopic (exact) mass is 339 g/mol. The van der Waals surface area contributed by atoms with E-state index in [4.69, 9.17) is 21.1 Å². The molecule has 1 N–H and O–H groups in total. The lowest BCUT2D eigenvalue weighted by molar-refractivity contribution is 0.157. The van der Waals surface area contributed by atoms with Crippen molar-refractivity contribution in [2.45, 2.75) is 19.4 Å². The summed E-state index contributed by atoms with van der Waals surface area (Å²) in [7, 11) is 3.57. The van der Waals surface area contributed by atoms with E-state index in [9.17, 15) is 0 Å². The Morgan fingerprint density at radius 3 is 3.04 bits per heavy atom. The highest BCUT2D eigenvalue weighted by Crippen LogP contribution is 2.18. The van der Waals surface area contributed by atoms with Gasteiger partial charge in [0.15, 0.2) is 5.96 Å². The van der Waals surface area contributed by atoms with E-state index >= 15 is 0 Å². The summed E-state index contributed by atoms with van der Waals surface area (Å²) in [6, 6.07) is 7.45. The fraction of sp³-hybridized carbons (Fsp3) is 0.588. The molecule has 0 amide bonds. The third-order valence-corrected chi connectivity index (χ3v) is 4.12. The molecule has 23 heavy (non-hydrogen) atoms. The first-order valence-corrected chi connectivity index (χ1v) is 8.37. The minimum atomic E-state index is 0.0163. The van der Waals surface area contributed by atoms with Crippen LogP contribution in [0.15, 0.2) is 29.3 Å². The Labute approximate surface area is 143 Å². The molecule has 0 aliphatic carbocycles. The number of guanidine groups is 1. The van der Waals surface area contributed by atoms with Crippen LogP contribution in [0.25, 0.3) is 0 Å². The third kappa shape index (κ3) is 5.59. The van der Waals surface area contributed by atoms with Gasteiger partial charge in [0, 0.05) is 38.2 Å². The Morgan fingerprint density at radius 1 is 1.52 bits per heavy atom. The van der Waals surface area contributed by atoms with E-state index in [1.165, 1.54) is 0 Å². The van der Waals surface area contributed by atoms with E-state index in [0.29, 0.717) is 17.5 Å². The summed E-state index contributed by atoms with van der Waals surface area (Å²) >= 11 is 5.97. The number of likely N-dealkylation sites (tertiary alicyclic amines) is 1. The van der Waals surface area contributed by atoms with Crippen LogP contribution in [0.3, 0.4) is 0 Å². The van der Waals surface area contributed by atoms with Crippen molar-refractivity contribution in [1.29, 1.82) is 0 Å². The number of ether oxygens (including phenoxy) is 2. The summed E-state index contributed by atoms with van der Waals surface area (Å²) in [6.45, 7) is 5.51. The zero-order valence-electron chi connectivity index (χ0n) is 14.1. The molecule has 6 heteroatoms. The van der Waals surface area contributed by atoms with Crippen molar-refractivity contribution in [3.8, 4) is 5.75 Å². The fourth-order valence-corrected chi connectivity index (χ4v) is 2.96. The van der Waals surface area contributed by atoms with E-state index in [1.807, 2.05) is 38.2 Å². The molecule has 0 spiro atoms. The molecule has 1 aliphatic heterocycles. The largest absolute Gasteiger partial charge is 0.489 e. The molecule has 0 aromatic heterocycles. The number of hydrogen-bond acceptors (Lipinski definition) is 3. The van der Waals surface area contributed by atoms with Crippen LogP contribution in [-0.4, -0.2) is 57.4 Å². The van der Waals surface area contributed by atoms with Gasteiger partial charge < -0.3 is 19.7 Å². The van der Waals surface area contributed by atoms with Crippen molar-refractivity contribution in [2.24, 2.45) is 10.9 Å². The second-order valence-electron chi connectivity index (χ2n) is 5.87. The molecule has 128 valence electrons. The number of methoxy groups -OCH3 is 1. The Kier molecular flexibility index (Phi) is 6.99. The number of halogens is 1. The van der Waals surface area contributed by atoms with Crippen LogP contribution < -0.4 is 10.1 Å². The maximum absolute atomic E-state index is 5.97. The van der Waals surface area contributed by atoms with Gasteiger partial charge in [0.25, 0.3) is 0 Å². The van der Waals surface area contributed by atoms with Crippen LogP contribution >= 0.6 is 11.6 Å². The smallest absolute Gasteiger partial charge is 0.193 e. The minimum absolute atomic E-state index is 0.0163. The summed E-state index contributed by atoms with van der Waals surface area (Å²) in [4.78, 5) is 6.65. The molecule has 1 aromatic rings. The van der Waals surface area contributed by atoms with Crippen molar-refractivity contribution in [2.75, 3.05) is 40.4 Å². The Bertz CT molecular complexity index is 524. The van der Waals surface area contributed by atoms with Crippen molar-refractivity contribution in [3.05, 3.63) is 29.3 Å². The predicted octanol–water partition coefficient (Wildman–Crippen LogP) is 2.65. The van der Waals surface area contributed by atoms with Crippen LogP contribution in [0, 0.1) is 5.92 Å². The number of rotatable bonds is 6. The SMILES string of the molecule is CN=C(NCC(C)Oc1cccc(Cl)c1)N1CCC(COC)C1. The minimum Gasteiger partial charge on any atom is -0.489 e. The molecule has 1 aromatic carbocycles. The first-order valence-electron chi connectivity index (χ1n) is 7.99. The van der Waals surface area contributed by atoms with E-state index in [2.05, 4.69) is 15.2 Å². The van der Waals surface area contributed by atoms with E-state index < -0.39 is 0 Å². The highest BCUT2D eigenvalue weighted by atomic mass is 35.5. The molecule has 2 rings (SSSR count). The maximum Gasteiger partial charge on any atom is 0.193 e. The molecule has 2 unspecified atom stereocenters. The zero-order valence-corrected chi connectivity index (χ0v) is 14.8. The molecule has 2 atom stereocenters. The van der Waals surface area contributed by atoms with Crippen molar-refractivity contribution in [1.82, 2.24) is 10.2 Å². The normalized spacial score (nSPS) is 19.7. The molecule has 1 aliphatic rings. The summed E-state index contributed by atoms with van der Waals surface area (Å²) in [6.07, 6.45) is 1.16. The van der Waals surface area contributed by atoms with Crippen LogP contribution in [-0.2, 0) is 4.74 Å². The van der Waals surface area contributed by atoms with Crippen LogP contribution in [0.4, 0.5) is 0 Å². The van der Waals surface area contributed by atoms with Gasteiger partial charge in [0.05, 0.1) is 13.2 Å². The summed E-state index contributed by atoms with van der Waals surface area (Å²) in [5.41, 5.74) is 0. The first kappa shape index (κ1) is 17.9. The zero-order chi connectivity index (χ0) is 16.7. The number of benzene rings is 1. The third-order valence-electron chi connectivity index (χ3n) is 3.88.